The van der Waals surface area contributed by atoms with Gasteiger partial charge in [-0.2, -0.15) is 0 Å². The lowest BCUT2D eigenvalue weighted by atomic mass is 9.96. The SMILES string of the molecule is NC1CC(N2Cc3cnc(C4CC4)nc3C2)CCOC1c1cc(F)ccc1F. The van der Waals surface area contributed by atoms with Gasteiger partial charge in [-0.3, -0.25) is 4.90 Å². The number of nitrogens with two attached hydrogens (primary N) is 1. The molecule has 1 saturated carbocycles. The van der Waals surface area contributed by atoms with Gasteiger partial charge in [-0.1, -0.05) is 0 Å². The van der Waals surface area contributed by atoms with Crippen LogP contribution in [0.2, 0.25) is 0 Å². The molecule has 0 amide bonds. The average molecular weight is 386 g/mol. The highest BCUT2D eigenvalue weighted by atomic mass is 19.1. The molecule has 0 radical (unpaired) electrons. The molecule has 5 rings (SSSR count). The van der Waals surface area contributed by atoms with Gasteiger partial charge in [0.25, 0.3) is 0 Å². The number of rotatable bonds is 3. The van der Waals surface area contributed by atoms with Crippen LogP contribution in [0.4, 0.5) is 8.78 Å². The molecule has 1 aromatic heterocycles. The van der Waals surface area contributed by atoms with Crippen LogP contribution in [-0.4, -0.2) is 33.6 Å². The highest BCUT2D eigenvalue weighted by Crippen LogP contribution is 2.39. The Morgan fingerprint density at radius 2 is 2.00 bits per heavy atom. The zero-order valence-corrected chi connectivity index (χ0v) is 15.7. The maximum absolute atomic E-state index is 14.2. The fourth-order valence-corrected chi connectivity index (χ4v) is 4.38. The first-order valence-corrected chi connectivity index (χ1v) is 9.99. The lowest BCUT2D eigenvalue weighted by Gasteiger charge is -2.28. The molecule has 1 aliphatic carbocycles. The number of fused-ring (bicyclic) bond motifs is 1. The third-order valence-electron chi connectivity index (χ3n) is 6.10. The van der Waals surface area contributed by atoms with E-state index in [1.165, 1.54) is 24.5 Å². The topological polar surface area (TPSA) is 64.3 Å². The van der Waals surface area contributed by atoms with Gasteiger partial charge in [-0.15, -0.1) is 0 Å². The summed E-state index contributed by atoms with van der Waals surface area (Å²) in [5.41, 5.74) is 8.89. The molecule has 2 aromatic rings. The van der Waals surface area contributed by atoms with Gasteiger partial charge >= 0.3 is 0 Å². The van der Waals surface area contributed by atoms with Crippen molar-refractivity contribution in [3.8, 4) is 0 Å². The Morgan fingerprint density at radius 1 is 1.14 bits per heavy atom. The second-order valence-electron chi connectivity index (χ2n) is 8.18. The van der Waals surface area contributed by atoms with Crippen LogP contribution in [-0.2, 0) is 17.8 Å². The first-order chi connectivity index (χ1) is 13.6. The van der Waals surface area contributed by atoms with Gasteiger partial charge in [-0.05, 0) is 43.9 Å². The fourth-order valence-electron chi connectivity index (χ4n) is 4.38. The summed E-state index contributed by atoms with van der Waals surface area (Å²) in [4.78, 5) is 11.7. The van der Waals surface area contributed by atoms with Crippen LogP contribution < -0.4 is 5.73 Å². The number of aromatic nitrogens is 2. The van der Waals surface area contributed by atoms with E-state index in [0.29, 0.717) is 18.9 Å². The van der Waals surface area contributed by atoms with Crippen LogP contribution in [0, 0.1) is 11.6 Å². The van der Waals surface area contributed by atoms with Crippen molar-refractivity contribution >= 4 is 0 Å². The molecule has 2 fully saturated rings. The van der Waals surface area contributed by atoms with E-state index in [-0.39, 0.29) is 11.6 Å². The van der Waals surface area contributed by atoms with E-state index < -0.39 is 23.8 Å². The number of hydrogen-bond acceptors (Lipinski definition) is 5. The minimum atomic E-state index is -0.632. The highest BCUT2D eigenvalue weighted by molar-refractivity contribution is 5.25. The molecule has 1 aromatic carbocycles. The number of benzene rings is 1. The number of hydrogen-bond donors (Lipinski definition) is 1. The Kier molecular flexibility index (Phi) is 4.61. The normalized spacial score (nSPS) is 28.2. The minimum Gasteiger partial charge on any atom is -0.372 e. The lowest BCUT2D eigenvalue weighted by molar-refractivity contribution is 0.0430. The molecule has 5 nitrogen and oxygen atoms in total. The van der Waals surface area contributed by atoms with Crippen molar-refractivity contribution in [3.05, 3.63) is 58.7 Å². The van der Waals surface area contributed by atoms with Gasteiger partial charge < -0.3 is 10.5 Å². The zero-order valence-electron chi connectivity index (χ0n) is 15.7. The molecular weight excluding hydrogens is 362 g/mol. The Hall–Kier alpha value is -1.96. The summed E-state index contributed by atoms with van der Waals surface area (Å²) in [7, 11) is 0. The number of ether oxygens (including phenoxy) is 1. The maximum atomic E-state index is 14.2. The highest BCUT2D eigenvalue weighted by Gasteiger charge is 2.35. The second-order valence-corrected chi connectivity index (χ2v) is 8.18. The predicted octanol–water partition coefficient (Wildman–Crippen LogP) is 3.20. The third-order valence-corrected chi connectivity index (χ3v) is 6.10. The van der Waals surface area contributed by atoms with Gasteiger partial charge in [0.2, 0.25) is 0 Å². The second kappa shape index (κ2) is 7.13. The molecule has 3 aliphatic rings. The van der Waals surface area contributed by atoms with Crippen LogP contribution in [0.1, 0.15) is 60.4 Å². The average Bonchev–Trinajstić information content (AvgIpc) is 3.47. The van der Waals surface area contributed by atoms with E-state index in [1.54, 1.807) is 0 Å². The van der Waals surface area contributed by atoms with Crippen molar-refractivity contribution < 1.29 is 13.5 Å². The maximum Gasteiger partial charge on any atom is 0.131 e. The van der Waals surface area contributed by atoms with Crippen LogP contribution in [0.5, 0.6) is 0 Å². The molecule has 7 heteroatoms. The van der Waals surface area contributed by atoms with E-state index in [0.717, 1.165) is 43.2 Å². The molecule has 28 heavy (non-hydrogen) atoms. The molecule has 148 valence electrons. The molecule has 1 saturated heterocycles. The van der Waals surface area contributed by atoms with Crippen LogP contribution in [0.25, 0.3) is 0 Å². The number of halogens is 2. The van der Waals surface area contributed by atoms with Crippen molar-refractivity contribution in [1.82, 2.24) is 14.9 Å². The Labute approximate surface area is 162 Å². The van der Waals surface area contributed by atoms with Gasteiger partial charge in [0, 0.05) is 55.0 Å². The standard InChI is InChI=1S/C21H24F2N4O/c22-14-3-4-17(23)16(7-14)20-18(24)8-15(5-6-28-20)27-10-13-9-25-21(12-1-2-12)26-19(13)11-27/h3-4,7,9,12,15,18,20H,1-2,5-6,8,10-11,24H2. The first kappa shape index (κ1) is 18.1. The van der Waals surface area contributed by atoms with Crippen molar-refractivity contribution in [2.24, 2.45) is 5.73 Å². The van der Waals surface area contributed by atoms with Gasteiger partial charge in [0.1, 0.15) is 23.6 Å². The van der Waals surface area contributed by atoms with Crippen molar-refractivity contribution in [1.29, 1.82) is 0 Å². The van der Waals surface area contributed by atoms with E-state index in [1.807, 2.05) is 6.20 Å². The molecule has 3 heterocycles. The summed E-state index contributed by atoms with van der Waals surface area (Å²) >= 11 is 0. The molecule has 0 bridgehead atoms. The summed E-state index contributed by atoms with van der Waals surface area (Å²) < 4.78 is 33.7. The van der Waals surface area contributed by atoms with Crippen LogP contribution in [0.3, 0.4) is 0 Å². The van der Waals surface area contributed by atoms with Crippen LogP contribution >= 0.6 is 0 Å². The van der Waals surface area contributed by atoms with Gasteiger partial charge in [0.05, 0.1) is 5.69 Å². The Balaban J connectivity index is 1.31. The van der Waals surface area contributed by atoms with E-state index in [4.69, 9.17) is 15.5 Å². The Morgan fingerprint density at radius 3 is 2.82 bits per heavy atom. The molecule has 3 atom stereocenters. The van der Waals surface area contributed by atoms with Crippen molar-refractivity contribution in [2.75, 3.05) is 6.61 Å². The van der Waals surface area contributed by atoms with Crippen molar-refractivity contribution in [2.45, 2.75) is 62.9 Å². The molecule has 2 aliphatic heterocycles. The smallest absolute Gasteiger partial charge is 0.131 e. The summed E-state index contributed by atoms with van der Waals surface area (Å²) in [6, 6.07) is 3.26. The number of nitrogens with zero attached hydrogens (tertiary/aromatic N) is 3. The molecular formula is C21H24F2N4O. The zero-order chi connectivity index (χ0) is 19.3. The fraction of sp³-hybridized carbons (Fsp3) is 0.524. The summed E-state index contributed by atoms with van der Waals surface area (Å²) in [6.45, 7) is 2.05. The summed E-state index contributed by atoms with van der Waals surface area (Å²) in [5, 5.41) is 0. The monoisotopic (exact) mass is 386 g/mol. The van der Waals surface area contributed by atoms with E-state index >= 15 is 0 Å². The van der Waals surface area contributed by atoms with Gasteiger partial charge in [-0.25, -0.2) is 18.7 Å². The molecule has 2 N–H and O–H groups in total. The molecule has 3 unspecified atom stereocenters. The van der Waals surface area contributed by atoms with E-state index in [2.05, 4.69) is 9.88 Å². The largest absolute Gasteiger partial charge is 0.372 e. The lowest BCUT2D eigenvalue weighted by Crippen LogP contribution is -2.38. The first-order valence-electron chi connectivity index (χ1n) is 9.99. The minimum absolute atomic E-state index is 0.206. The predicted molar refractivity (Wildman–Crippen MR) is 99.3 cm³/mol. The van der Waals surface area contributed by atoms with E-state index in [9.17, 15) is 8.78 Å². The van der Waals surface area contributed by atoms with Crippen LogP contribution in [0.15, 0.2) is 24.4 Å². The summed E-state index contributed by atoms with van der Waals surface area (Å²) in [5.74, 6) is 0.564. The summed E-state index contributed by atoms with van der Waals surface area (Å²) in [6.07, 6.45) is 5.18. The molecule has 0 spiro atoms. The third kappa shape index (κ3) is 3.43. The van der Waals surface area contributed by atoms with Crippen molar-refractivity contribution in [3.63, 3.8) is 0 Å². The quantitative estimate of drug-likeness (QED) is 0.878. The Bertz CT molecular complexity index is 889. The van der Waals surface area contributed by atoms with Gasteiger partial charge in [0.15, 0.2) is 0 Å².